The van der Waals surface area contributed by atoms with Crippen LogP contribution < -0.4 is 10.5 Å². The Morgan fingerprint density at radius 2 is 2.03 bits per heavy atom. The van der Waals surface area contributed by atoms with Crippen LogP contribution in [0.25, 0.3) is 10.9 Å². The maximum Gasteiger partial charge on any atom is 0.271 e. The van der Waals surface area contributed by atoms with Gasteiger partial charge in [0.2, 0.25) is 10.0 Å². The minimum absolute atomic E-state index is 0.0949. The second-order valence-corrected chi connectivity index (χ2v) is 10.4. The van der Waals surface area contributed by atoms with Gasteiger partial charge in [-0.1, -0.05) is 12.1 Å². The smallest absolute Gasteiger partial charge is 0.271 e. The van der Waals surface area contributed by atoms with Crippen molar-refractivity contribution in [1.29, 1.82) is 5.26 Å². The summed E-state index contributed by atoms with van der Waals surface area (Å²) in [5.41, 5.74) is 10.9. The summed E-state index contributed by atoms with van der Waals surface area (Å²) in [6.45, 7) is 2.80. The summed E-state index contributed by atoms with van der Waals surface area (Å²) >= 11 is 0. The Labute approximate surface area is 193 Å². The van der Waals surface area contributed by atoms with Gasteiger partial charge in [0.1, 0.15) is 12.4 Å². The number of piperidine rings is 1. The molecule has 1 radical (unpaired) electrons. The molecule has 0 atom stereocenters. The molecular formula is C24H25N4O4S. The molecule has 9 heteroatoms. The molecule has 0 unspecified atom stereocenters. The standard InChI is InChI=1S/C24H25N4O4S/c1-2-33(30,31)28-8-6-18(7-9-28)22-14-27-23-20(22)11-19(12-21(23)24(26)29)32-15-17-5-3-4-16(10-17)13-25/h3-5,10-12,14,18,26-27H,2,6-9,15H2,1H3. The predicted octanol–water partition coefficient (Wildman–Crippen LogP) is 3.57. The van der Waals surface area contributed by atoms with Crippen molar-refractivity contribution in [3.05, 3.63) is 64.8 Å². The Balaban J connectivity index is 1.61. The highest BCUT2D eigenvalue weighted by Gasteiger charge is 2.29. The molecule has 1 aliphatic heterocycles. The number of hydrogen-bond donors (Lipinski definition) is 1. The quantitative estimate of drug-likeness (QED) is 0.571. The van der Waals surface area contributed by atoms with Crippen molar-refractivity contribution >= 4 is 26.8 Å². The molecule has 2 aromatic carbocycles. The maximum atomic E-state index is 12.2. The van der Waals surface area contributed by atoms with Crippen molar-refractivity contribution in [2.45, 2.75) is 32.3 Å². The zero-order chi connectivity index (χ0) is 23.6. The third-order valence-electron chi connectivity index (χ3n) is 6.15. The van der Waals surface area contributed by atoms with E-state index in [0.717, 1.165) is 16.5 Å². The molecule has 1 aromatic heterocycles. The first kappa shape index (κ1) is 22.8. The zero-order valence-electron chi connectivity index (χ0n) is 18.3. The van der Waals surface area contributed by atoms with Crippen molar-refractivity contribution in [2.24, 2.45) is 0 Å². The van der Waals surface area contributed by atoms with E-state index in [1.54, 1.807) is 35.5 Å². The minimum atomic E-state index is -3.20. The molecule has 1 amide bonds. The van der Waals surface area contributed by atoms with Gasteiger partial charge in [0.15, 0.2) is 0 Å². The second-order valence-electron chi connectivity index (χ2n) is 8.14. The first-order valence-corrected chi connectivity index (χ1v) is 12.4. The lowest BCUT2D eigenvalue weighted by Crippen LogP contribution is -2.38. The van der Waals surface area contributed by atoms with Crippen molar-refractivity contribution in [2.75, 3.05) is 18.8 Å². The van der Waals surface area contributed by atoms with Crippen molar-refractivity contribution in [3.8, 4) is 11.8 Å². The molecule has 1 fully saturated rings. The van der Waals surface area contributed by atoms with Gasteiger partial charge < -0.3 is 9.72 Å². The number of amides is 1. The van der Waals surface area contributed by atoms with Gasteiger partial charge in [-0.05, 0) is 61.1 Å². The monoisotopic (exact) mass is 465 g/mol. The Morgan fingerprint density at radius 3 is 2.70 bits per heavy atom. The number of carbonyl (C=O) groups excluding carboxylic acids is 1. The summed E-state index contributed by atoms with van der Waals surface area (Å²) in [4.78, 5) is 15.2. The van der Waals surface area contributed by atoms with E-state index in [1.807, 2.05) is 18.3 Å². The summed E-state index contributed by atoms with van der Waals surface area (Å²) in [7, 11) is -3.20. The molecule has 2 N–H and O–H groups in total. The van der Waals surface area contributed by atoms with E-state index in [2.05, 4.69) is 11.1 Å². The fourth-order valence-corrected chi connectivity index (χ4v) is 5.48. The maximum absolute atomic E-state index is 12.2. The predicted molar refractivity (Wildman–Crippen MR) is 124 cm³/mol. The van der Waals surface area contributed by atoms with Crippen LogP contribution in [0.4, 0.5) is 0 Å². The largest absolute Gasteiger partial charge is 0.489 e. The number of H-pyrrole nitrogens is 1. The molecular weight excluding hydrogens is 440 g/mol. The number of fused-ring (bicyclic) bond motifs is 1. The number of nitrogens with zero attached hydrogens (tertiary/aromatic N) is 2. The van der Waals surface area contributed by atoms with Crippen LogP contribution in [0.3, 0.4) is 0 Å². The van der Waals surface area contributed by atoms with Crippen LogP contribution in [-0.2, 0) is 16.6 Å². The van der Waals surface area contributed by atoms with Gasteiger partial charge in [0.05, 0.1) is 28.5 Å². The number of nitriles is 1. The molecule has 8 nitrogen and oxygen atoms in total. The van der Waals surface area contributed by atoms with Crippen LogP contribution >= 0.6 is 0 Å². The van der Waals surface area contributed by atoms with E-state index in [-0.39, 0.29) is 23.8 Å². The van der Waals surface area contributed by atoms with E-state index in [9.17, 15) is 13.2 Å². The average molecular weight is 466 g/mol. The third kappa shape index (κ3) is 4.72. The van der Waals surface area contributed by atoms with Gasteiger partial charge in [-0.25, -0.2) is 12.7 Å². The third-order valence-corrected chi connectivity index (χ3v) is 8.03. The molecule has 3 aromatic rings. The van der Waals surface area contributed by atoms with Gasteiger partial charge in [-0.15, -0.1) is 0 Å². The molecule has 4 rings (SSSR count). The molecule has 171 valence electrons. The first-order chi connectivity index (χ1) is 15.8. The molecule has 1 saturated heterocycles. The Bertz CT molecular complexity index is 1330. The number of rotatable bonds is 7. The molecule has 0 spiro atoms. The van der Waals surface area contributed by atoms with E-state index in [4.69, 9.17) is 15.7 Å². The van der Waals surface area contributed by atoms with Crippen molar-refractivity contribution in [3.63, 3.8) is 0 Å². The number of carbonyl (C=O) groups is 1. The molecule has 0 aliphatic carbocycles. The zero-order valence-corrected chi connectivity index (χ0v) is 19.1. The van der Waals surface area contributed by atoms with E-state index >= 15 is 0 Å². The van der Waals surface area contributed by atoms with Crippen LogP contribution in [-0.4, -0.2) is 42.5 Å². The SMILES string of the molecule is CCS(=O)(=O)N1CCC(c2c[nH]c3c(C([NH])=O)cc(OCc4cccc(C#N)c4)cc23)CC1. The lowest BCUT2D eigenvalue weighted by atomic mass is 9.89. The fraction of sp³-hybridized carbons (Fsp3) is 0.333. The van der Waals surface area contributed by atoms with E-state index in [0.29, 0.717) is 42.8 Å². The molecule has 2 heterocycles. The van der Waals surface area contributed by atoms with Crippen LogP contribution in [0.1, 0.15) is 52.7 Å². The summed E-state index contributed by atoms with van der Waals surface area (Å²) in [6, 6.07) is 12.6. The lowest BCUT2D eigenvalue weighted by Gasteiger charge is -2.30. The minimum Gasteiger partial charge on any atom is -0.489 e. The fourth-order valence-electron chi connectivity index (χ4n) is 4.35. The Morgan fingerprint density at radius 1 is 1.27 bits per heavy atom. The number of sulfonamides is 1. The van der Waals surface area contributed by atoms with Crippen LogP contribution in [0.15, 0.2) is 42.6 Å². The number of ether oxygens (including phenoxy) is 1. The van der Waals surface area contributed by atoms with Gasteiger partial charge in [-0.3, -0.25) is 10.5 Å². The van der Waals surface area contributed by atoms with Gasteiger partial charge in [0.25, 0.3) is 5.91 Å². The first-order valence-electron chi connectivity index (χ1n) is 10.8. The summed E-state index contributed by atoms with van der Waals surface area (Å²) < 4.78 is 31.8. The highest BCUT2D eigenvalue weighted by Crippen LogP contribution is 2.37. The van der Waals surface area contributed by atoms with Crippen molar-refractivity contribution < 1.29 is 17.9 Å². The van der Waals surface area contributed by atoms with Crippen molar-refractivity contribution in [1.82, 2.24) is 15.0 Å². The second kappa shape index (κ2) is 9.25. The number of aromatic amines is 1. The summed E-state index contributed by atoms with van der Waals surface area (Å²) in [5, 5.41) is 9.89. The van der Waals surface area contributed by atoms with Gasteiger partial charge >= 0.3 is 0 Å². The summed E-state index contributed by atoms with van der Waals surface area (Å²) in [5.74, 6) is -0.114. The number of nitrogens with one attached hydrogen (secondary N) is 2. The molecule has 0 saturated carbocycles. The normalized spacial score (nSPS) is 15.4. The number of aromatic nitrogens is 1. The van der Waals surface area contributed by atoms with Gasteiger partial charge in [-0.2, -0.15) is 5.26 Å². The number of hydrogen-bond acceptors (Lipinski definition) is 5. The van der Waals surface area contributed by atoms with E-state index < -0.39 is 15.9 Å². The summed E-state index contributed by atoms with van der Waals surface area (Å²) in [6.07, 6.45) is 3.22. The molecule has 33 heavy (non-hydrogen) atoms. The highest BCUT2D eigenvalue weighted by atomic mass is 32.2. The molecule has 1 aliphatic rings. The average Bonchev–Trinajstić information content (AvgIpc) is 3.26. The van der Waals surface area contributed by atoms with Gasteiger partial charge in [0, 0.05) is 24.7 Å². The number of benzene rings is 2. The van der Waals surface area contributed by atoms with Crippen LogP contribution in [0, 0.1) is 11.3 Å². The highest BCUT2D eigenvalue weighted by molar-refractivity contribution is 7.89. The van der Waals surface area contributed by atoms with Crippen LogP contribution in [0.2, 0.25) is 0 Å². The molecule has 0 bridgehead atoms. The van der Waals surface area contributed by atoms with Crippen LogP contribution in [0.5, 0.6) is 5.75 Å². The Hall–Kier alpha value is -3.35. The topological polar surface area (TPSA) is 127 Å². The lowest BCUT2D eigenvalue weighted by molar-refractivity contribution is 0.0993. The van der Waals surface area contributed by atoms with E-state index in [1.165, 1.54) is 0 Å². The Kier molecular flexibility index (Phi) is 6.40.